The molecule has 0 spiro atoms. The molecule has 0 amide bonds. The number of aliphatic carboxylic acids is 2. The summed E-state index contributed by atoms with van der Waals surface area (Å²) >= 11 is 0. The highest BCUT2D eigenvalue weighted by Crippen LogP contribution is 1.94. The maximum atomic E-state index is 10.6. The molecule has 0 saturated heterocycles. The molecule has 0 bridgehead atoms. The number of ketones is 1. The predicted molar refractivity (Wildman–Crippen MR) is 47.0 cm³/mol. The van der Waals surface area contributed by atoms with Crippen molar-refractivity contribution in [1.29, 1.82) is 0 Å². The van der Waals surface area contributed by atoms with Crippen molar-refractivity contribution in [1.82, 2.24) is 5.32 Å². The third-order valence-corrected chi connectivity index (χ3v) is 1.52. The summed E-state index contributed by atoms with van der Waals surface area (Å²) in [6, 6.07) is -0.994. The molecule has 0 aromatic carbocycles. The molecule has 0 aromatic rings. The van der Waals surface area contributed by atoms with Gasteiger partial charge in [-0.3, -0.25) is 14.4 Å². The SMILES string of the molecule is CC(=O)CC(NCCC(=O)O)C(=O)O. The molecule has 3 N–H and O–H groups in total. The molecule has 14 heavy (non-hydrogen) atoms. The van der Waals surface area contributed by atoms with Gasteiger partial charge in [-0.15, -0.1) is 0 Å². The fraction of sp³-hybridized carbons (Fsp3) is 0.625. The van der Waals surface area contributed by atoms with Gasteiger partial charge in [0.15, 0.2) is 0 Å². The number of carboxylic acids is 2. The first-order chi connectivity index (χ1) is 6.43. The van der Waals surface area contributed by atoms with Crippen LogP contribution >= 0.6 is 0 Å². The first-order valence-electron chi connectivity index (χ1n) is 4.11. The van der Waals surface area contributed by atoms with Crippen LogP contribution in [0.5, 0.6) is 0 Å². The summed E-state index contributed by atoms with van der Waals surface area (Å²) < 4.78 is 0. The second kappa shape index (κ2) is 6.09. The van der Waals surface area contributed by atoms with Gasteiger partial charge >= 0.3 is 11.9 Å². The number of carbonyl (C=O) groups is 3. The Morgan fingerprint density at radius 3 is 2.21 bits per heavy atom. The Kier molecular flexibility index (Phi) is 5.47. The smallest absolute Gasteiger partial charge is 0.321 e. The number of carbonyl (C=O) groups excluding carboxylic acids is 1. The summed E-state index contributed by atoms with van der Waals surface area (Å²) in [6.45, 7) is 1.33. The van der Waals surface area contributed by atoms with E-state index in [0.29, 0.717) is 0 Å². The molecule has 0 aliphatic rings. The summed E-state index contributed by atoms with van der Waals surface area (Å²) in [6.07, 6.45) is -0.295. The van der Waals surface area contributed by atoms with Crippen molar-refractivity contribution < 1.29 is 24.6 Å². The van der Waals surface area contributed by atoms with E-state index in [1.807, 2.05) is 0 Å². The third-order valence-electron chi connectivity index (χ3n) is 1.52. The maximum Gasteiger partial charge on any atom is 0.321 e. The fourth-order valence-corrected chi connectivity index (χ4v) is 0.888. The van der Waals surface area contributed by atoms with Gasteiger partial charge in [0, 0.05) is 13.0 Å². The van der Waals surface area contributed by atoms with Crippen molar-refractivity contribution in [2.45, 2.75) is 25.8 Å². The molecular formula is C8H13NO5. The van der Waals surface area contributed by atoms with Crippen LogP contribution in [0.15, 0.2) is 0 Å². The van der Waals surface area contributed by atoms with Crippen LogP contribution in [0, 0.1) is 0 Å². The van der Waals surface area contributed by atoms with E-state index in [2.05, 4.69) is 5.32 Å². The summed E-state index contributed by atoms with van der Waals surface area (Å²) in [7, 11) is 0. The van der Waals surface area contributed by atoms with Crippen LogP contribution < -0.4 is 5.32 Å². The van der Waals surface area contributed by atoms with Gasteiger partial charge in [0.1, 0.15) is 11.8 Å². The molecule has 0 radical (unpaired) electrons. The Morgan fingerprint density at radius 1 is 1.29 bits per heavy atom. The number of Topliss-reactive ketones (excluding diaryl/α,β-unsaturated/α-hetero) is 1. The largest absolute Gasteiger partial charge is 0.481 e. The second-order valence-corrected chi connectivity index (χ2v) is 2.89. The highest BCUT2D eigenvalue weighted by molar-refractivity contribution is 5.84. The molecule has 0 heterocycles. The molecule has 0 aromatic heterocycles. The second-order valence-electron chi connectivity index (χ2n) is 2.89. The van der Waals surface area contributed by atoms with E-state index in [0.717, 1.165) is 0 Å². The quantitative estimate of drug-likeness (QED) is 0.514. The molecule has 6 nitrogen and oxygen atoms in total. The van der Waals surface area contributed by atoms with Crippen molar-refractivity contribution in [2.24, 2.45) is 0 Å². The van der Waals surface area contributed by atoms with E-state index >= 15 is 0 Å². The molecule has 0 fully saturated rings. The zero-order valence-corrected chi connectivity index (χ0v) is 7.82. The van der Waals surface area contributed by atoms with Crippen molar-refractivity contribution in [2.75, 3.05) is 6.54 Å². The van der Waals surface area contributed by atoms with Gasteiger partial charge < -0.3 is 15.5 Å². The van der Waals surface area contributed by atoms with E-state index < -0.39 is 18.0 Å². The van der Waals surface area contributed by atoms with Crippen molar-refractivity contribution >= 4 is 17.7 Å². The van der Waals surface area contributed by atoms with Crippen molar-refractivity contribution in [3.05, 3.63) is 0 Å². The molecule has 6 heteroatoms. The molecule has 0 aliphatic heterocycles. The van der Waals surface area contributed by atoms with Crippen molar-refractivity contribution in [3.8, 4) is 0 Å². The van der Waals surface area contributed by atoms with E-state index in [-0.39, 0.29) is 25.2 Å². The predicted octanol–water partition coefficient (Wildman–Crippen LogP) is -0.517. The van der Waals surface area contributed by atoms with Gasteiger partial charge in [0.05, 0.1) is 6.42 Å². The number of hydrogen-bond donors (Lipinski definition) is 3. The minimum atomic E-state index is -1.15. The summed E-state index contributed by atoms with van der Waals surface area (Å²) in [5, 5.41) is 19.4. The lowest BCUT2D eigenvalue weighted by atomic mass is 10.1. The lowest BCUT2D eigenvalue weighted by Crippen LogP contribution is -2.39. The summed E-state index contributed by atoms with van der Waals surface area (Å²) in [5.41, 5.74) is 0. The highest BCUT2D eigenvalue weighted by atomic mass is 16.4. The van der Waals surface area contributed by atoms with E-state index in [9.17, 15) is 14.4 Å². The van der Waals surface area contributed by atoms with Gasteiger partial charge in [-0.1, -0.05) is 0 Å². The molecule has 0 aliphatic carbocycles. The van der Waals surface area contributed by atoms with Crippen LogP contribution in [0.3, 0.4) is 0 Å². The molecule has 80 valence electrons. The standard InChI is InChI=1S/C8H13NO5/c1-5(10)4-6(8(13)14)9-3-2-7(11)12/h6,9H,2-4H2,1H3,(H,11,12)(H,13,14). The lowest BCUT2D eigenvalue weighted by Gasteiger charge is -2.11. The fourth-order valence-electron chi connectivity index (χ4n) is 0.888. The maximum absolute atomic E-state index is 10.6. The van der Waals surface area contributed by atoms with Gasteiger partial charge in [0.25, 0.3) is 0 Å². The van der Waals surface area contributed by atoms with Crippen LogP contribution in [0.1, 0.15) is 19.8 Å². The molecular weight excluding hydrogens is 190 g/mol. The highest BCUT2D eigenvalue weighted by Gasteiger charge is 2.18. The molecule has 0 saturated carbocycles. The average molecular weight is 203 g/mol. The van der Waals surface area contributed by atoms with Gasteiger partial charge in [-0.25, -0.2) is 0 Å². The zero-order chi connectivity index (χ0) is 11.1. The first-order valence-corrected chi connectivity index (χ1v) is 4.11. The van der Waals surface area contributed by atoms with Crippen LogP contribution in [-0.2, 0) is 14.4 Å². The van der Waals surface area contributed by atoms with Crippen molar-refractivity contribution in [3.63, 3.8) is 0 Å². The molecule has 1 atom stereocenters. The number of rotatable bonds is 7. The topological polar surface area (TPSA) is 104 Å². The monoisotopic (exact) mass is 203 g/mol. The third kappa shape index (κ3) is 6.13. The Hall–Kier alpha value is -1.43. The summed E-state index contributed by atoms with van der Waals surface area (Å²) in [4.78, 5) is 31.3. The normalized spacial score (nSPS) is 12.1. The lowest BCUT2D eigenvalue weighted by molar-refractivity contribution is -0.142. The van der Waals surface area contributed by atoms with Crippen LogP contribution in [-0.4, -0.2) is 40.5 Å². The van der Waals surface area contributed by atoms with Crippen LogP contribution in [0.25, 0.3) is 0 Å². The van der Waals surface area contributed by atoms with Gasteiger partial charge in [-0.05, 0) is 6.92 Å². The minimum Gasteiger partial charge on any atom is -0.481 e. The van der Waals surface area contributed by atoms with E-state index in [4.69, 9.17) is 10.2 Å². The van der Waals surface area contributed by atoms with E-state index in [1.54, 1.807) is 0 Å². The Balaban J connectivity index is 3.91. The summed E-state index contributed by atoms with van der Waals surface area (Å²) in [5.74, 6) is -2.41. The first kappa shape index (κ1) is 12.6. The number of carboxylic acid groups (broad SMARTS) is 2. The zero-order valence-electron chi connectivity index (χ0n) is 7.82. The number of nitrogens with one attached hydrogen (secondary N) is 1. The molecule has 0 rings (SSSR count). The van der Waals surface area contributed by atoms with Crippen LogP contribution in [0.4, 0.5) is 0 Å². The Bertz CT molecular complexity index is 238. The Morgan fingerprint density at radius 2 is 1.86 bits per heavy atom. The minimum absolute atomic E-state index is 0.0413. The Labute approximate surface area is 80.9 Å². The van der Waals surface area contributed by atoms with Crippen LogP contribution in [0.2, 0.25) is 0 Å². The van der Waals surface area contributed by atoms with Gasteiger partial charge in [0.2, 0.25) is 0 Å². The average Bonchev–Trinajstić information content (AvgIpc) is 2.00. The number of hydrogen-bond acceptors (Lipinski definition) is 4. The van der Waals surface area contributed by atoms with Gasteiger partial charge in [-0.2, -0.15) is 0 Å². The van der Waals surface area contributed by atoms with E-state index in [1.165, 1.54) is 6.92 Å². The molecule has 1 unspecified atom stereocenters.